The maximum absolute atomic E-state index is 12.7. The van der Waals surface area contributed by atoms with Crippen LogP contribution in [0.5, 0.6) is 0 Å². The van der Waals surface area contributed by atoms with Crippen molar-refractivity contribution < 1.29 is 4.79 Å². The smallest absolute Gasteiger partial charge is 0.282 e. The number of aromatic nitrogens is 2. The molecule has 1 aromatic heterocycles. The van der Waals surface area contributed by atoms with Crippen molar-refractivity contribution in [1.82, 2.24) is 9.78 Å². The summed E-state index contributed by atoms with van der Waals surface area (Å²) >= 11 is 0. The van der Waals surface area contributed by atoms with Gasteiger partial charge in [-0.3, -0.25) is 14.7 Å². The number of benzene rings is 2. The molecule has 1 aliphatic heterocycles. The number of aryl methyl sites for hydroxylation is 2. The summed E-state index contributed by atoms with van der Waals surface area (Å²) in [4.78, 5) is 25.4. The molecule has 2 aromatic carbocycles. The minimum absolute atomic E-state index is 0.144. The summed E-state index contributed by atoms with van der Waals surface area (Å²) in [5.74, 6) is 0.102. The second-order valence-electron chi connectivity index (χ2n) is 7.68. The van der Waals surface area contributed by atoms with E-state index < -0.39 is 0 Å². The Morgan fingerprint density at radius 2 is 1.45 bits per heavy atom. The Hall–Kier alpha value is -4.59. The van der Waals surface area contributed by atoms with E-state index in [-0.39, 0.29) is 23.1 Å². The fraction of sp³-hybridized carbons (Fsp3) is 0.0800. The monoisotopic (exact) mass is 440 g/mol. The zero-order valence-electron chi connectivity index (χ0n) is 18.3. The molecule has 0 fully saturated rings. The molecular formula is C25H24N6O2. The second-order valence-corrected chi connectivity index (χ2v) is 7.68. The van der Waals surface area contributed by atoms with E-state index in [0.29, 0.717) is 22.5 Å². The number of hydrogen-bond acceptors (Lipinski definition) is 5. The van der Waals surface area contributed by atoms with Crippen LogP contribution >= 0.6 is 0 Å². The first-order valence-corrected chi connectivity index (χ1v) is 10.3. The summed E-state index contributed by atoms with van der Waals surface area (Å²) < 4.78 is 1.40. The van der Waals surface area contributed by atoms with Gasteiger partial charge in [-0.2, -0.15) is 5.01 Å². The number of carbonyl (C=O) groups excluding carboxylic acids is 1. The highest BCUT2D eigenvalue weighted by molar-refractivity contribution is 6.29. The lowest BCUT2D eigenvalue weighted by Gasteiger charge is -2.11. The van der Waals surface area contributed by atoms with Crippen LogP contribution in [0.3, 0.4) is 0 Å². The number of hydrazone groups is 1. The molecule has 8 heteroatoms. The molecule has 0 aliphatic carbocycles. The molecule has 166 valence electrons. The van der Waals surface area contributed by atoms with Gasteiger partial charge in [-0.15, -0.1) is 5.10 Å². The van der Waals surface area contributed by atoms with Gasteiger partial charge in [-0.25, -0.2) is 4.68 Å². The van der Waals surface area contributed by atoms with Crippen LogP contribution in [-0.2, 0) is 4.79 Å². The fourth-order valence-electron chi connectivity index (χ4n) is 3.32. The number of amidine groups is 1. The number of nitrogens with two attached hydrogens (primary N) is 2. The molecule has 5 N–H and O–H groups in total. The first kappa shape index (κ1) is 21.6. The number of nitrogens with zero attached hydrogens (tertiary/aromatic N) is 3. The molecule has 0 unspecified atom stereocenters. The summed E-state index contributed by atoms with van der Waals surface area (Å²) in [6, 6.07) is 15.0. The van der Waals surface area contributed by atoms with Crippen LogP contribution in [0.25, 0.3) is 11.8 Å². The summed E-state index contributed by atoms with van der Waals surface area (Å²) in [5, 5.41) is 8.31. The molecule has 0 saturated heterocycles. The maximum atomic E-state index is 12.7. The van der Waals surface area contributed by atoms with Gasteiger partial charge in [-0.1, -0.05) is 53.6 Å². The Labute approximate surface area is 190 Å². The Kier molecular flexibility index (Phi) is 5.82. The van der Waals surface area contributed by atoms with E-state index in [1.54, 1.807) is 30.4 Å². The molecule has 0 spiro atoms. The van der Waals surface area contributed by atoms with Crippen molar-refractivity contribution in [2.75, 3.05) is 10.7 Å². The van der Waals surface area contributed by atoms with E-state index in [1.807, 2.05) is 62.4 Å². The molecule has 1 aliphatic rings. The molecule has 1 amide bonds. The van der Waals surface area contributed by atoms with Gasteiger partial charge in [0.05, 0.1) is 22.5 Å². The Balaban J connectivity index is 1.49. The SMILES string of the molecule is Cc1ccc(N2N=C(N)C(=CC=CC=Cc3c(N)[nH]n(-c4ccc(C)cc4)c3=O)C2=O)cc1. The predicted molar refractivity (Wildman–Crippen MR) is 132 cm³/mol. The highest BCUT2D eigenvalue weighted by Gasteiger charge is 2.28. The van der Waals surface area contributed by atoms with E-state index in [1.165, 1.54) is 9.69 Å². The summed E-state index contributed by atoms with van der Waals surface area (Å²) in [6.45, 7) is 3.94. The lowest BCUT2D eigenvalue weighted by molar-refractivity contribution is -0.114. The average molecular weight is 441 g/mol. The highest BCUT2D eigenvalue weighted by Crippen LogP contribution is 2.22. The van der Waals surface area contributed by atoms with Crippen molar-refractivity contribution in [3.63, 3.8) is 0 Å². The van der Waals surface area contributed by atoms with Gasteiger partial charge in [0, 0.05) is 0 Å². The summed E-state index contributed by atoms with van der Waals surface area (Å²) in [7, 11) is 0. The van der Waals surface area contributed by atoms with Crippen LogP contribution in [-0.4, -0.2) is 21.5 Å². The Bertz CT molecular complexity index is 1370. The van der Waals surface area contributed by atoms with Crippen molar-refractivity contribution in [1.29, 1.82) is 0 Å². The van der Waals surface area contributed by atoms with Crippen LogP contribution in [0.2, 0.25) is 0 Å². The normalized spacial score (nSPS) is 15.3. The number of H-pyrrole nitrogens is 1. The van der Waals surface area contributed by atoms with Crippen molar-refractivity contribution in [2.45, 2.75) is 13.8 Å². The third-order valence-electron chi connectivity index (χ3n) is 5.18. The molecular weight excluding hydrogens is 416 g/mol. The molecule has 8 nitrogen and oxygen atoms in total. The van der Waals surface area contributed by atoms with Gasteiger partial charge >= 0.3 is 0 Å². The standard InChI is InChI=1S/C25H24N6O2/c1-16-8-12-18(13-9-16)30-24(32)20(22(26)28-30)6-4-3-5-7-21-23(27)29-31(25(21)33)19-14-10-17(2)11-15-19/h3-15,28H,26H2,1-2H3,(H2,27,29). The van der Waals surface area contributed by atoms with Crippen molar-refractivity contribution in [3.8, 4) is 5.69 Å². The zero-order valence-corrected chi connectivity index (χ0v) is 18.3. The van der Waals surface area contributed by atoms with Gasteiger partial charge in [0.2, 0.25) is 0 Å². The number of amides is 1. The predicted octanol–water partition coefficient (Wildman–Crippen LogP) is 3.18. The van der Waals surface area contributed by atoms with Crippen LogP contribution in [0.15, 0.2) is 88.3 Å². The van der Waals surface area contributed by atoms with Gasteiger partial charge in [0.15, 0.2) is 5.84 Å². The number of anilines is 2. The van der Waals surface area contributed by atoms with E-state index >= 15 is 0 Å². The number of nitrogens with one attached hydrogen (secondary N) is 1. The third-order valence-corrected chi connectivity index (χ3v) is 5.18. The second kappa shape index (κ2) is 8.88. The molecule has 4 rings (SSSR count). The van der Waals surface area contributed by atoms with Crippen LogP contribution < -0.4 is 22.0 Å². The van der Waals surface area contributed by atoms with Crippen LogP contribution in [0, 0.1) is 13.8 Å². The molecule has 3 aromatic rings. The lowest BCUT2D eigenvalue weighted by Crippen LogP contribution is -2.22. The number of nitrogen functional groups attached to an aromatic ring is 1. The average Bonchev–Trinajstić information content (AvgIpc) is 3.24. The first-order valence-electron chi connectivity index (χ1n) is 10.3. The van der Waals surface area contributed by atoms with E-state index in [0.717, 1.165) is 11.1 Å². The van der Waals surface area contributed by atoms with Crippen molar-refractivity contribution in [2.24, 2.45) is 10.8 Å². The number of rotatable bonds is 5. The minimum Gasteiger partial charge on any atom is -0.383 e. The lowest BCUT2D eigenvalue weighted by atomic mass is 10.2. The third kappa shape index (κ3) is 4.40. The van der Waals surface area contributed by atoms with Crippen LogP contribution in [0.1, 0.15) is 16.7 Å². The number of hydrogen-bond donors (Lipinski definition) is 3. The van der Waals surface area contributed by atoms with Crippen molar-refractivity contribution in [3.05, 3.63) is 105 Å². The quantitative estimate of drug-likeness (QED) is 0.416. The maximum Gasteiger partial charge on any atom is 0.282 e. The Morgan fingerprint density at radius 3 is 2.09 bits per heavy atom. The van der Waals surface area contributed by atoms with Gasteiger partial charge in [0.25, 0.3) is 11.5 Å². The summed E-state index contributed by atoms with van der Waals surface area (Å²) in [5.41, 5.74) is 15.8. The molecule has 33 heavy (non-hydrogen) atoms. The molecule has 0 bridgehead atoms. The highest BCUT2D eigenvalue weighted by atomic mass is 16.2. The molecule has 0 radical (unpaired) electrons. The van der Waals surface area contributed by atoms with Crippen LogP contribution in [0.4, 0.5) is 11.5 Å². The zero-order chi connectivity index (χ0) is 23.5. The van der Waals surface area contributed by atoms with E-state index in [2.05, 4.69) is 10.2 Å². The fourth-order valence-corrected chi connectivity index (χ4v) is 3.32. The number of aromatic amines is 1. The molecule has 0 atom stereocenters. The Morgan fingerprint density at radius 1 is 0.848 bits per heavy atom. The molecule has 0 saturated carbocycles. The van der Waals surface area contributed by atoms with E-state index in [4.69, 9.17) is 11.5 Å². The van der Waals surface area contributed by atoms with Crippen molar-refractivity contribution >= 4 is 29.3 Å². The minimum atomic E-state index is -0.305. The largest absolute Gasteiger partial charge is 0.383 e. The van der Waals surface area contributed by atoms with E-state index in [9.17, 15) is 9.59 Å². The van der Waals surface area contributed by atoms with Gasteiger partial charge < -0.3 is 11.5 Å². The molecule has 2 heterocycles. The number of allylic oxidation sites excluding steroid dienone is 4. The van der Waals surface area contributed by atoms with Gasteiger partial charge in [-0.05, 0) is 50.3 Å². The summed E-state index contributed by atoms with van der Waals surface area (Å²) in [6.07, 6.45) is 8.21. The van der Waals surface area contributed by atoms with Gasteiger partial charge in [0.1, 0.15) is 5.82 Å². The first-order chi connectivity index (χ1) is 15.8. The number of carbonyl (C=O) groups is 1. The topological polar surface area (TPSA) is 122 Å².